The molecule has 4 rings (SSSR count). The van der Waals surface area contributed by atoms with Gasteiger partial charge in [-0.15, -0.1) is 0 Å². The molecular weight excluding hydrogens is 493 g/mol. The van der Waals surface area contributed by atoms with Crippen LogP contribution in [0.5, 0.6) is 5.75 Å². The van der Waals surface area contributed by atoms with Gasteiger partial charge in [0.2, 0.25) is 17.8 Å². The molecule has 33 heavy (non-hydrogen) atoms. The van der Waals surface area contributed by atoms with Gasteiger partial charge in [0.25, 0.3) is 5.56 Å². The second-order valence-electron chi connectivity index (χ2n) is 7.10. The number of H-pyrrole nitrogens is 1. The van der Waals surface area contributed by atoms with Gasteiger partial charge in [-0.25, -0.2) is 0 Å². The third kappa shape index (κ3) is 5.05. The Bertz CT molecular complexity index is 1310. The van der Waals surface area contributed by atoms with E-state index in [1.165, 1.54) is 13.2 Å². The molecule has 2 amide bonds. The van der Waals surface area contributed by atoms with Crippen LogP contribution in [0.15, 0.2) is 41.2 Å². The maximum absolute atomic E-state index is 13.0. The highest BCUT2D eigenvalue weighted by Gasteiger charge is 2.35. The van der Waals surface area contributed by atoms with E-state index in [1.807, 2.05) is 0 Å². The maximum Gasteiger partial charge on any atom is 0.258 e. The third-order valence-corrected chi connectivity index (χ3v) is 5.48. The van der Waals surface area contributed by atoms with Crippen molar-refractivity contribution in [1.82, 2.24) is 9.97 Å². The molecule has 0 fully saturated rings. The molecule has 170 valence electrons. The SMILES string of the molecule is COc1ccc(Cl)cc1NC(=O)C1CC(=O)Nc2nc(Nc3cc(Cl)cc(Cl)c3)[nH]c(=O)c21. The molecule has 1 atom stereocenters. The van der Waals surface area contributed by atoms with Crippen LogP contribution in [-0.2, 0) is 9.59 Å². The molecule has 0 saturated heterocycles. The van der Waals surface area contributed by atoms with Gasteiger partial charge in [-0.2, -0.15) is 4.98 Å². The standard InChI is InChI=1S/C21H16Cl3N5O4/c1-33-15-3-2-9(22)7-14(15)26-19(31)13-8-16(30)27-18-17(13)20(32)29-21(28-18)25-12-5-10(23)4-11(24)6-12/h2-7,13H,8H2,1H3,(H,26,31)(H3,25,27,28,29,30,32). The van der Waals surface area contributed by atoms with Crippen molar-refractivity contribution < 1.29 is 14.3 Å². The van der Waals surface area contributed by atoms with Gasteiger partial charge >= 0.3 is 0 Å². The average molecular weight is 509 g/mol. The van der Waals surface area contributed by atoms with Crippen LogP contribution in [0.4, 0.5) is 23.1 Å². The summed E-state index contributed by atoms with van der Waals surface area (Å²) in [4.78, 5) is 45.1. The molecule has 9 nitrogen and oxygen atoms in total. The number of hydrogen-bond acceptors (Lipinski definition) is 6. The quantitative estimate of drug-likeness (QED) is 0.401. The molecule has 0 radical (unpaired) electrons. The highest BCUT2D eigenvalue weighted by Crippen LogP contribution is 2.33. The van der Waals surface area contributed by atoms with Gasteiger partial charge in [0.1, 0.15) is 11.6 Å². The summed E-state index contributed by atoms with van der Waals surface area (Å²) in [6.45, 7) is 0. The summed E-state index contributed by atoms with van der Waals surface area (Å²) in [5, 5.41) is 9.24. The molecular formula is C21H16Cl3N5O4. The number of nitrogens with one attached hydrogen (secondary N) is 4. The van der Waals surface area contributed by atoms with Crippen molar-refractivity contribution in [2.45, 2.75) is 12.3 Å². The van der Waals surface area contributed by atoms with E-state index in [-0.39, 0.29) is 23.8 Å². The summed E-state index contributed by atoms with van der Waals surface area (Å²) in [7, 11) is 1.44. The van der Waals surface area contributed by atoms with E-state index in [0.717, 1.165) is 0 Å². The van der Waals surface area contributed by atoms with Gasteiger partial charge in [0.05, 0.1) is 24.3 Å². The Morgan fingerprint density at radius 1 is 1.09 bits per heavy atom. The Hall–Kier alpha value is -3.27. The average Bonchev–Trinajstić information content (AvgIpc) is 2.72. The zero-order valence-electron chi connectivity index (χ0n) is 17.0. The Kier molecular flexibility index (Phi) is 6.46. The smallest absolute Gasteiger partial charge is 0.258 e. The minimum Gasteiger partial charge on any atom is -0.495 e. The number of carbonyl (C=O) groups excluding carboxylic acids is 2. The summed E-state index contributed by atoms with van der Waals surface area (Å²) in [5.41, 5.74) is 0.222. The first kappa shape index (κ1) is 22.9. The number of amides is 2. The fourth-order valence-electron chi connectivity index (χ4n) is 3.41. The van der Waals surface area contributed by atoms with Gasteiger partial charge in [0.15, 0.2) is 0 Å². The van der Waals surface area contributed by atoms with Crippen molar-refractivity contribution in [1.29, 1.82) is 0 Å². The number of aromatic amines is 1. The van der Waals surface area contributed by atoms with Gasteiger partial charge in [-0.05, 0) is 36.4 Å². The Morgan fingerprint density at radius 3 is 2.52 bits per heavy atom. The number of fused-ring (bicyclic) bond motifs is 1. The largest absolute Gasteiger partial charge is 0.495 e. The highest BCUT2D eigenvalue weighted by atomic mass is 35.5. The van der Waals surface area contributed by atoms with Crippen molar-refractivity contribution in [2.75, 3.05) is 23.1 Å². The van der Waals surface area contributed by atoms with Crippen molar-refractivity contribution in [3.63, 3.8) is 0 Å². The van der Waals surface area contributed by atoms with Crippen LogP contribution in [0.2, 0.25) is 15.1 Å². The molecule has 12 heteroatoms. The van der Waals surface area contributed by atoms with E-state index >= 15 is 0 Å². The van der Waals surface area contributed by atoms with Gasteiger partial charge < -0.3 is 20.7 Å². The fraction of sp³-hybridized carbons (Fsp3) is 0.143. The van der Waals surface area contributed by atoms with Crippen molar-refractivity contribution in [2.24, 2.45) is 0 Å². The Balaban J connectivity index is 1.66. The molecule has 0 saturated carbocycles. The van der Waals surface area contributed by atoms with Gasteiger partial charge in [-0.1, -0.05) is 34.8 Å². The number of benzene rings is 2. The normalized spacial score (nSPS) is 14.8. The summed E-state index contributed by atoms with van der Waals surface area (Å²) in [5.74, 6) is -1.74. The molecule has 1 aliphatic rings. The molecule has 1 unspecified atom stereocenters. The zero-order chi connectivity index (χ0) is 23.7. The Morgan fingerprint density at radius 2 is 1.82 bits per heavy atom. The summed E-state index contributed by atoms with van der Waals surface area (Å²) < 4.78 is 5.23. The molecule has 0 spiro atoms. The maximum atomic E-state index is 13.0. The number of ether oxygens (including phenoxy) is 1. The second kappa shape index (κ2) is 9.30. The lowest BCUT2D eigenvalue weighted by Crippen LogP contribution is -2.36. The lowest BCUT2D eigenvalue weighted by Gasteiger charge is -2.24. The molecule has 0 aliphatic carbocycles. The molecule has 3 aromatic rings. The number of rotatable bonds is 5. The molecule has 2 aromatic carbocycles. The van der Waals surface area contributed by atoms with E-state index in [1.54, 1.807) is 30.3 Å². The van der Waals surface area contributed by atoms with Crippen LogP contribution in [0.1, 0.15) is 17.9 Å². The van der Waals surface area contributed by atoms with Crippen molar-refractivity contribution in [3.05, 3.63) is 67.4 Å². The lowest BCUT2D eigenvalue weighted by molar-refractivity contribution is -0.123. The number of anilines is 4. The fourth-order valence-corrected chi connectivity index (χ4v) is 4.11. The van der Waals surface area contributed by atoms with Crippen LogP contribution in [0.25, 0.3) is 0 Å². The second-order valence-corrected chi connectivity index (χ2v) is 8.41. The van der Waals surface area contributed by atoms with E-state index in [4.69, 9.17) is 39.5 Å². The molecule has 0 bridgehead atoms. The van der Waals surface area contributed by atoms with E-state index in [9.17, 15) is 14.4 Å². The number of methoxy groups -OCH3 is 1. The van der Waals surface area contributed by atoms with E-state index in [0.29, 0.717) is 32.2 Å². The Labute approximate surface area is 202 Å². The van der Waals surface area contributed by atoms with Crippen LogP contribution in [-0.4, -0.2) is 28.9 Å². The molecule has 4 N–H and O–H groups in total. The van der Waals surface area contributed by atoms with Crippen LogP contribution in [0.3, 0.4) is 0 Å². The molecule has 2 heterocycles. The third-order valence-electron chi connectivity index (χ3n) is 4.81. The minimum atomic E-state index is -1.08. The van der Waals surface area contributed by atoms with Gasteiger partial charge in [0, 0.05) is 27.2 Å². The van der Waals surface area contributed by atoms with Crippen LogP contribution in [0, 0.1) is 0 Å². The summed E-state index contributed by atoms with van der Waals surface area (Å²) in [6.07, 6.45) is -0.233. The predicted molar refractivity (Wildman–Crippen MR) is 127 cm³/mol. The topological polar surface area (TPSA) is 125 Å². The first-order chi connectivity index (χ1) is 15.7. The van der Waals surface area contributed by atoms with Crippen LogP contribution < -0.4 is 26.2 Å². The molecule has 1 aromatic heterocycles. The summed E-state index contributed by atoms with van der Waals surface area (Å²) in [6, 6.07) is 9.42. The number of nitrogens with zero attached hydrogens (tertiary/aromatic N) is 1. The van der Waals surface area contributed by atoms with Gasteiger partial charge in [-0.3, -0.25) is 19.4 Å². The van der Waals surface area contributed by atoms with Crippen molar-refractivity contribution >= 4 is 69.8 Å². The van der Waals surface area contributed by atoms with Crippen molar-refractivity contribution in [3.8, 4) is 5.75 Å². The van der Waals surface area contributed by atoms with Crippen LogP contribution >= 0.6 is 34.8 Å². The number of halogens is 3. The monoisotopic (exact) mass is 507 g/mol. The lowest BCUT2D eigenvalue weighted by atomic mass is 9.92. The first-order valence-electron chi connectivity index (χ1n) is 9.55. The number of carbonyl (C=O) groups is 2. The highest BCUT2D eigenvalue weighted by molar-refractivity contribution is 6.35. The number of aromatic nitrogens is 2. The van der Waals surface area contributed by atoms with E-state index in [2.05, 4.69) is 25.9 Å². The number of hydrogen-bond donors (Lipinski definition) is 4. The van der Waals surface area contributed by atoms with E-state index < -0.39 is 23.3 Å². The minimum absolute atomic E-state index is 0.0242. The molecule has 1 aliphatic heterocycles. The first-order valence-corrected chi connectivity index (χ1v) is 10.7. The summed E-state index contributed by atoms with van der Waals surface area (Å²) >= 11 is 18.0. The predicted octanol–water partition coefficient (Wildman–Crippen LogP) is 4.55. The zero-order valence-corrected chi connectivity index (χ0v) is 19.2.